The SMILES string of the molecule is N#Cc1cccc(-c2cccc(C=NN=C3NC(=O)CS3)c2)c1. The van der Waals surface area contributed by atoms with Crippen molar-refractivity contribution in [2.45, 2.75) is 0 Å². The average molecular weight is 320 g/mol. The van der Waals surface area contributed by atoms with Crippen LogP contribution in [0.1, 0.15) is 11.1 Å². The van der Waals surface area contributed by atoms with E-state index >= 15 is 0 Å². The molecule has 1 heterocycles. The van der Waals surface area contributed by atoms with E-state index in [1.165, 1.54) is 11.8 Å². The Morgan fingerprint density at radius 1 is 1.17 bits per heavy atom. The third-order valence-electron chi connectivity index (χ3n) is 3.15. The molecule has 0 saturated carbocycles. The predicted octanol–water partition coefficient (Wildman–Crippen LogP) is 2.78. The number of benzene rings is 2. The number of amidine groups is 1. The summed E-state index contributed by atoms with van der Waals surface area (Å²) in [6.45, 7) is 0. The van der Waals surface area contributed by atoms with Crippen LogP contribution in [0.5, 0.6) is 0 Å². The van der Waals surface area contributed by atoms with Gasteiger partial charge in [0, 0.05) is 0 Å². The van der Waals surface area contributed by atoms with Crippen LogP contribution in [0.4, 0.5) is 0 Å². The summed E-state index contributed by atoms with van der Waals surface area (Å²) in [6.07, 6.45) is 1.63. The Hall–Kier alpha value is -2.91. The smallest absolute Gasteiger partial charge is 0.236 e. The fourth-order valence-electron chi connectivity index (χ4n) is 2.09. The molecule has 1 aliphatic rings. The summed E-state index contributed by atoms with van der Waals surface area (Å²) in [6, 6.07) is 17.4. The third-order valence-corrected chi connectivity index (χ3v) is 4.02. The number of nitrogens with zero attached hydrogens (tertiary/aromatic N) is 3. The molecular weight excluding hydrogens is 308 g/mol. The lowest BCUT2D eigenvalue weighted by Crippen LogP contribution is -2.19. The lowest BCUT2D eigenvalue weighted by molar-refractivity contribution is -0.116. The number of hydrogen-bond donors (Lipinski definition) is 1. The molecule has 23 heavy (non-hydrogen) atoms. The van der Waals surface area contributed by atoms with E-state index in [2.05, 4.69) is 21.6 Å². The van der Waals surface area contributed by atoms with Gasteiger partial charge in [-0.3, -0.25) is 4.79 Å². The second kappa shape index (κ2) is 6.90. The molecule has 0 atom stereocenters. The fraction of sp³-hybridized carbons (Fsp3) is 0.0588. The highest BCUT2D eigenvalue weighted by Gasteiger charge is 2.15. The quantitative estimate of drug-likeness (QED) is 0.698. The van der Waals surface area contributed by atoms with Gasteiger partial charge in [0.15, 0.2) is 5.17 Å². The zero-order chi connectivity index (χ0) is 16.1. The van der Waals surface area contributed by atoms with Gasteiger partial charge in [-0.2, -0.15) is 10.4 Å². The normalized spacial score (nSPS) is 15.8. The molecule has 0 aliphatic carbocycles. The summed E-state index contributed by atoms with van der Waals surface area (Å²) in [5, 5.41) is 20.1. The maximum Gasteiger partial charge on any atom is 0.236 e. The highest BCUT2D eigenvalue weighted by Crippen LogP contribution is 2.21. The zero-order valence-corrected chi connectivity index (χ0v) is 12.9. The van der Waals surface area contributed by atoms with E-state index in [4.69, 9.17) is 5.26 Å². The van der Waals surface area contributed by atoms with Gasteiger partial charge in [0.25, 0.3) is 0 Å². The first-order chi connectivity index (χ1) is 11.2. The van der Waals surface area contributed by atoms with Gasteiger partial charge in [0.05, 0.1) is 23.6 Å². The van der Waals surface area contributed by atoms with Crippen LogP contribution in [0, 0.1) is 11.3 Å². The van der Waals surface area contributed by atoms with Crippen LogP contribution in [-0.4, -0.2) is 23.0 Å². The topological polar surface area (TPSA) is 77.6 Å². The maximum absolute atomic E-state index is 11.1. The van der Waals surface area contributed by atoms with Gasteiger partial charge < -0.3 is 5.32 Å². The van der Waals surface area contributed by atoms with Crippen LogP contribution in [0.15, 0.2) is 58.7 Å². The molecule has 0 radical (unpaired) electrons. The van der Waals surface area contributed by atoms with E-state index in [0.29, 0.717) is 16.5 Å². The van der Waals surface area contributed by atoms with Crippen molar-refractivity contribution in [1.29, 1.82) is 5.26 Å². The lowest BCUT2D eigenvalue weighted by Gasteiger charge is -2.03. The molecule has 6 heteroatoms. The van der Waals surface area contributed by atoms with Gasteiger partial charge in [-0.05, 0) is 34.9 Å². The van der Waals surface area contributed by atoms with Crippen LogP contribution in [0.2, 0.25) is 0 Å². The number of carbonyl (C=O) groups excluding carboxylic acids is 1. The number of carbonyl (C=O) groups is 1. The molecule has 0 bridgehead atoms. The largest absolute Gasteiger partial charge is 0.303 e. The van der Waals surface area contributed by atoms with Gasteiger partial charge in [0.1, 0.15) is 0 Å². The molecule has 2 aromatic rings. The minimum absolute atomic E-state index is 0.0525. The van der Waals surface area contributed by atoms with Gasteiger partial charge >= 0.3 is 0 Å². The molecule has 5 nitrogen and oxygen atoms in total. The third kappa shape index (κ3) is 3.84. The summed E-state index contributed by atoms with van der Waals surface area (Å²) in [4.78, 5) is 11.1. The summed E-state index contributed by atoms with van der Waals surface area (Å²) < 4.78 is 0. The van der Waals surface area contributed by atoms with Crippen molar-refractivity contribution >= 4 is 29.1 Å². The van der Waals surface area contributed by atoms with Crippen molar-refractivity contribution in [2.24, 2.45) is 10.2 Å². The van der Waals surface area contributed by atoms with E-state index < -0.39 is 0 Å². The van der Waals surface area contributed by atoms with Crippen molar-refractivity contribution in [3.05, 3.63) is 59.7 Å². The first-order valence-electron chi connectivity index (χ1n) is 6.89. The van der Waals surface area contributed by atoms with Gasteiger partial charge in [-0.25, -0.2) is 0 Å². The summed E-state index contributed by atoms with van der Waals surface area (Å²) in [7, 11) is 0. The fourth-order valence-corrected chi connectivity index (χ4v) is 2.72. The standard InChI is InChI=1S/C17H12N4OS/c18-9-12-3-1-5-14(7-12)15-6-2-4-13(8-15)10-19-21-17-20-16(22)11-23-17/h1-8,10H,11H2,(H,20,21,22). The molecule has 112 valence electrons. The Bertz CT molecular complexity index is 852. The minimum atomic E-state index is -0.0525. The molecule has 1 fully saturated rings. The first-order valence-corrected chi connectivity index (χ1v) is 7.87. The van der Waals surface area contributed by atoms with Crippen LogP contribution in [0.25, 0.3) is 11.1 Å². The molecule has 1 aliphatic heterocycles. The van der Waals surface area contributed by atoms with E-state index in [-0.39, 0.29) is 5.91 Å². The zero-order valence-electron chi connectivity index (χ0n) is 12.1. The van der Waals surface area contributed by atoms with Crippen molar-refractivity contribution in [3.8, 4) is 17.2 Å². The Balaban J connectivity index is 1.80. The number of nitriles is 1. The molecular formula is C17H12N4OS. The maximum atomic E-state index is 11.1. The Kier molecular flexibility index (Phi) is 4.50. The molecule has 1 N–H and O–H groups in total. The van der Waals surface area contributed by atoms with Gasteiger partial charge in [-0.1, -0.05) is 42.1 Å². The lowest BCUT2D eigenvalue weighted by atomic mass is 10.0. The molecule has 0 unspecified atom stereocenters. The Morgan fingerprint density at radius 2 is 1.96 bits per heavy atom. The highest BCUT2D eigenvalue weighted by molar-refractivity contribution is 8.15. The Labute approximate surface area is 137 Å². The van der Waals surface area contributed by atoms with E-state index in [0.717, 1.165) is 16.7 Å². The van der Waals surface area contributed by atoms with Crippen molar-refractivity contribution < 1.29 is 4.79 Å². The summed E-state index contributed by atoms with van der Waals surface area (Å²) in [5.41, 5.74) is 3.50. The average Bonchev–Trinajstić information content (AvgIpc) is 3.00. The first kappa shape index (κ1) is 15.0. The summed E-state index contributed by atoms with van der Waals surface area (Å²) >= 11 is 1.33. The number of nitrogens with one attached hydrogen (secondary N) is 1. The molecule has 0 aromatic heterocycles. The summed E-state index contributed by atoms with van der Waals surface area (Å²) in [5.74, 6) is 0.335. The molecule has 1 amide bonds. The van der Waals surface area contributed by atoms with Crippen molar-refractivity contribution in [1.82, 2.24) is 5.32 Å². The predicted molar refractivity (Wildman–Crippen MR) is 92.2 cm³/mol. The number of hydrogen-bond acceptors (Lipinski definition) is 5. The van der Waals surface area contributed by atoms with Crippen molar-refractivity contribution in [2.75, 3.05) is 5.75 Å². The highest BCUT2D eigenvalue weighted by atomic mass is 32.2. The molecule has 3 rings (SSSR count). The number of amides is 1. The minimum Gasteiger partial charge on any atom is -0.303 e. The van der Waals surface area contributed by atoms with Crippen LogP contribution < -0.4 is 5.32 Å². The van der Waals surface area contributed by atoms with E-state index in [1.807, 2.05) is 42.5 Å². The number of rotatable bonds is 3. The van der Waals surface area contributed by atoms with Gasteiger partial charge in [0.2, 0.25) is 5.91 Å². The number of thioether (sulfide) groups is 1. The monoisotopic (exact) mass is 320 g/mol. The van der Waals surface area contributed by atoms with Crippen molar-refractivity contribution in [3.63, 3.8) is 0 Å². The van der Waals surface area contributed by atoms with Crippen LogP contribution in [-0.2, 0) is 4.79 Å². The van der Waals surface area contributed by atoms with Crippen LogP contribution in [0.3, 0.4) is 0 Å². The van der Waals surface area contributed by atoms with E-state index in [9.17, 15) is 4.79 Å². The van der Waals surface area contributed by atoms with Gasteiger partial charge in [-0.15, -0.1) is 5.10 Å². The Morgan fingerprint density at radius 3 is 2.70 bits per heavy atom. The molecule has 0 spiro atoms. The van der Waals surface area contributed by atoms with E-state index in [1.54, 1.807) is 12.3 Å². The molecule has 1 saturated heterocycles. The second-order valence-electron chi connectivity index (χ2n) is 4.80. The molecule has 2 aromatic carbocycles. The second-order valence-corrected chi connectivity index (χ2v) is 5.77. The van der Waals surface area contributed by atoms with Crippen LogP contribution >= 0.6 is 11.8 Å².